The molecule has 1 aliphatic rings. The van der Waals surface area contributed by atoms with E-state index in [9.17, 15) is 0 Å². The lowest BCUT2D eigenvalue weighted by molar-refractivity contribution is 0.129. The second-order valence-electron chi connectivity index (χ2n) is 2.39. The number of aliphatic hydroxyl groups excluding tert-OH is 1. The van der Waals surface area contributed by atoms with Crippen LogP contribution in [0.25, 0.3) is 0 Å². The molecular weight excluding hydrogens is 88.1 g/mol. The van der Waals surface area contributed by atoms with Crippen LogP contribution >= 0.6 is 0 Å². The molecule has 7 heavy (non-hydrogen) atoms. The van der Waals surface area contributed by atoms with Crippen LogP contribution in [0, 0.1) is 18.8 Å². The largest absolute Gasteiger partial charge is 0.396 e. The summed E-state index contributed by atoms with van der Waals surface area (Å²) in [6, 6.07) is 0. The summed E-state index contributed by atoms with van der Waals surface area (Å²) in [5, 5.41) is 8.48. The number of aliphatic hydroxyl groups is 1. The highest BCUT2D eigenvalue weighted by Crippen LogP contribution is 2.31. The van der Waals surface area contributed by atoms with Crippen molar-refractivity contribution in [2.45, 2.75) is 12.8 Å². The van der Waals surface area contributed by atoms with Gasteiger partial charge >= 0.3 is 0 Å². The molecule has 0 heterocycles. The molecule has 0 atom stereocenters. The van der Waals surface area contributed by atoms with Crippen molar-refractivity contribution in [3.05, 3.63) is 6.92 Å². The molecule has 0 bridgehead atoms. The third-order valence-corrected chi connectivity index (χ3v) is 1.59. The maximum atomic E-state index is 8.48. The molecule has 1 radical (unpaired) electrons. The molecule has 0 aromatic rings. The van der Waals surface area contributed by atoms with Gasteiger partial charge in [0.15, 0.2) is 0 Å². The van der Waals surface area contributed by atoms with Crippen molar-refractivity contribution in [1.82, 2.24) is 0 Å². The smallest absolute Gasteiger partial charge is 0.0459 e. The maximum absolute atomic E-state index is 8.48. The van der Waals surface area contributed by atoms with Crippen molar-refractivity contribution < 1.29 is 5.11 Å². The van der Waals surface area contributed by atoms with Crippen molar-refractivity contribution in [2.24, 2.45) is 11.8 Å². The van der Waals surface area contributed by atoms with E-state index in [1.54, 1.807) is 0 Å². The van der Waals surface area contributed by atoms with E-state index in [0.717, 1.165) is 12.8 Å². The highest BCUT2D eigenvalue weighted by Gasteiger charge is 2.23. The van der Waals surface area contributed by atoms with Gasteiger partial charge in [0.25, 0.3) is 0 Å². The van der Waals surface area contributed by atoms with Gasteiger partial charge in [0.05, 0.1) is 0 Å². The third-order valence-electron chi connectivity index (χ3n) is 1.59. The van der Waals surface area contributed by atoms with Crippen molar-refractivity contribution in [1.29, 1.82) is 0 Å². The van der Waals surface area contributed by atoms with Crippen LogP contribution in [-0.2, 0) is 0 Å². The molecule has 0 aromatic carbocycles. The molecule has 1 rings (SSSR count). The maximum Gasteiger partial charge on any atom is 0.0459 e. The van der Waals surface area contributed by atoms with Crippen LogP contribution < -0.4 is 0 Å². The summed E-state index contributed by atoms with van der Waals surface area (Å²) >= 11 is 0. The van der Waals surface area contributed by atoms with Gasteiger partial charge < -0.3 is 5.11 Å². The minimum Gasteiger partial charge on any atom is -0.396 e. The zero-order chi connectivity index (χ0) is 5.28. The lowest BCUT2D eigenvalue weighted by Gasteiger charge is -2.30. The Morgan fingerprint density at radius 3 is 2.29 bits per heavy atom. The standard InChI is InChI=1S/C6H11O/c1-5-2-6(3-5)4-7/h5-7H,1-4H2. The van der Waals surface area contributed by atoms with E-state index in [2.05, 4.69) is 6.92 Å². The van der Waals surface area contributed by atoms with Crippen LogP contribution in [0.4, 0.5) is 0 Å². The second kappa shape index (κ2) is 1.83. The summed E-state index contributed by atoms with van der Waals surface area (Å²) in [4.78, 5) is 0. The quantitative estimate of drug-likeness (QED) is 0.516. The molecule has 41 valence electrons. The molecule has 1 N–H and O–H groups in total. The normalized spacial score (nSPS) is 40.3. The van der Waals surface area contributed by atoms with Gasteiger partial charge in [0.2, 0.25) is 0 Å². The van der Waals surface area contributed by atoms with E-state index < -0.39 is 0 Å². The molecule has 0 spiro atoms. The fraction of sp³-hybridized carbons (Fsp3) is 0.833. The molecule has 1 aliphatic carbocycles. The Bertz CT molecular complexity index is 55.2. The Labute approximate surface area is 44.4 Å². The Balaban J connectivity index is 2.06. The van der Waals surface area contributed by atoms with E-state index in [-0.39, 0.29) is 0 Å². The van der Waals surface area contributed by atoms with Gasteiger partial charge in [-0.25, -0.2) is 0 Å². The minimum atomic E-state index is 0.367. The van der Waals surface area contributed by atoms with Gasteiger partial charge in [-0.05, 0) is 24.7 Å². The van der Waals surface area contributed by atoms with Crippen LogP contribution in [-0.4, -0.2) is 11.7 Å². The van der Waals surface area contributed by atoms with Crippen LogP contribution in [0.5, 0.6) is 0 Å². The molecule has 1 nitrogen and oxygen atoms in total. The van der Waals surface area contributed by atoms with Crippen LogP contribution in [0.2, 0.25) is 0 Å². The van der Waals surface area contributed by atoms with Gasteiger partial charge in [-0.1, -0.05) is 6.92 Å². The first-order valence-electron chi connectivity index (χ1n) is 2.77. The second-order valence-corrected chi connectivity index (χ2v) is 2.39. The van der Waals surface area contributed by atoms with Gasteiger partial charge in [-0.3, -0.25) is 0 Å². The van der Waals surface area contributed by atoms with Crippen LogP contribution in [0.3, 0.4) is 0 Å². The first-order valence-corrected chi connectivity index (χ1v) is 2.77. The van der Waals surface area contributed by atoms with E-state index >= 15 is 0 Å². The highest BCUT2D eigenvalue weighted by atomic mass is 16.3. The third kappa shape index (κ3) is 0.942. The number of hydrogen-bond donors (Lipinski definition) is 1. The Kier molecular flexibility index (Phi) is 1.33. The SMILES string of the molecule is [CH2]C1CC(CO)C1. The zero-order valence-electron chi connectivity index (χ0n) is 4.43. The summed E-state index contributed by atoms with van der Waals surface area (Å²) in [6.45, 7) is 4.20. The predicted octanol–water partition coefficient (Wildman–Crippen LogP) is 0.839. The van der Waals surface area contributed by atoms with Gasteiger partial charge in [-0.15, -0.1) is 0 Å². The minimum absolute atomic E-state index is 0.367. The number of hydrogen-bond acceptors (Lipinski definition) is 1. The molecular formula is C6H11O. The summed E-state index contributed by atoms with van der Waals surface area (Å²) in [6.07, 6.45) is 2.27. The molecule has 0 saturated heterocycles. The molecule has 0 aromatic heterocycles. The lowest BCUT2D eigenvalue weighted by Crippen LogP contribution is -2.23. The highest BCUT2D eigenvalue weighted by molar-refractivity contribution is 4.79. The van der Waals surface area contributed by atoms with Crippen molar-refractivity contribution >= 4 is 0 Å². The van der Waals surface area contributed by atoms with Crippen molar-refractivity contribution in [2.75, 3.05) is 6.61 Å². The first-order chi connectivity index (χ1) is 3.33. The molecule has 1 heteroatoms. The van der Waals surface area contributed by atoms with E-state index in [0.29, 0.717) is 18.4 Å². The molecule has 0 unspecified atom stereocenters. The lowest BCUT2D eigenvalue weighted by atomic mass is 9.77. The summed E-state index contributed by atoms with van der Waals surface area (Å²) in [5.41, 5.74) is 0. The average Bonchev–Trinajstić information content (AvgIpc) is 1.58. The summed E-state index contributed by atoms with van der Waals surface area (Å²) in [7, 11) is 0. The fourth-order valence-corrected chi connectivity index (χ4v) is 1.02. The molecule has 0 amide bonds. The summed E-state index contributed by atoms with van der Waals surface area (Å²) < 4.78 is 0. The predicted molar refractivity (Wildman–Crippen MR) is 28.7 cm³/mol. The van der Waals surface area contributed by atoms with E-state index in [1.165, 1.54) is 0 Å². The Morgan fingerprint density at radius 1 is 1.57 bits per heavy atom. The monoisotopic (exact) mass is 99.1 g/mol. The van der Waals surface area contributed by atoms with Gasteiger partial charge in [-0.2, -0.15) is 0 Å². The van der Waals surface area contributed by atoms with Crippen LogP contribution in [0.15, 0.2) is 0 Å². The first kappa shape index (κ1) is 5.10. The number of rotatable bonds is 1. The van der Waals surface area contributed by atoms with Gasteiger partial charge in [0, 0.05) is 6.61 Å². The Hall–Kier alpha value is -0.0400. The topological polar surface area (TPSA) is 20.2 Å². The van der Waals surface area contributed by atoms with E-state index in [4.69, 9.17) is 5.11 Å². The molecule has 1 fully saturated rings. The summed E-state index contributed by atoms with van der Waals surface area (Å²) in [5.74, 6) is 1.22. The Morgan fingerprint density at radius 2 is 2.14 bits per heavy atom. The van der Waals surface area contributed by atoms with Crippen molar-refractivity contribution in [3.63, 3.8) is 0 Å². The molecule has 0 aliphatic heterocycles. The fourth-order valence-electron chi connectivity index (χ4n) is 1.02. The van der Waals surface area contributed by atoms with E-state index in [1.807, 2.05) is 0 Å². The van der Waals surface area contributed by atoms with Gasteiger partial charge in [0.1, 0.15) is 0 Å². The molecule has 1 saturated carbocycles. The average molecular weight is 99.2 g/mol. The zero-order valence-corrected chi connectivity index (χ0v) is 4.43. The van der Waals surface area contributed by atoms with Crippen molar-refractivity contribution in [3.8, 4) is 0 Å². The van der Waals surface area contributed by atoms with Crippen LogP contribution in [0.1, 0.15) is 12.8 Å².